The molecule has 0 spiro atoms. The zero-order valence-electron chi connectivity index (χ0n) is 15.0. The minimum Gasteiger partial charge on any atom is -0.456 e. The topological polar surface area (TPSA) is 39.4 Å². The van der Waals surface area contributed by atoms with Crippen molar-refractivity contribution < 1.29 is 13.5 Å². The highest BCUT2D eigenvalue weighted by Crippen LogP contribution is 2.48. The average molecular weight is 384 g/mol. The first-order valence-electron chi connectivity index (χ1n) is 9.07. The third-order valence-electron chi connectivity index (χ3n) is 4.78. The van der Waals surface area contributed by atoms with Gasteiger partial charge in [-0.3, -0.25) is 4.57 Å². The van der Waals surface area contributed by atoms with Crippen LogP contribution in [0.5, 0.6) is 5.75 Å². The third-order valence-corrected chi connectivity index (χ3v) is 7.19. The summed E-state index contributed by atoms with van der Waals surface area (Å²) in [6, 6.07) is 32.1. The number of rotatable bonds is 4. The quantitative estimate of drug-likeness (QED) is 0.363. The van der Waals surface area contributed by atoms with E-state index in [1.807, 2.05) is 103 Å². The second-order valence-corrected chi connectivity index (χ2v) is 8.86. The number of furan rings is 1. The molecular weight excluding hydrogens is 367 g/mol. The maximum absolute atomic E-state index is 14.2. The van der Waals surface area contributed by atoms with Crippen molar-refractivity contribution in [1.82, 2.24) is 0 Å². The van der Waals surface area contributed by atoms with Crippen molar-refractivity contribution >= 4 is 39.9 Å². The Morgan fingerprint density at radius 3 is 1.86 bits per heavy atom. The van der Waals surface area contributed by atoms with Gasteiger partial charge in [-0.1, -0.05) is 60.7 Å². The molecule has 5 aromatic rings. The van der Waals surface area contributed by atoms with Gasteiger partial charge in [-0.25, -0.2) is 0 Å². The molecule has 0 aliphatic carbocycles. The van der Waals surface area contributed by atoms with E-state index in [4.69, 9.17) is 8.94 Å². The van der Waals surface area contributed by atoms with Crippen LogP contribution in [0.3, 0.4) is 0 Å². The van der Waals surface area contributed by atoms with Gasteiger partial charge in [-0.05, 0) is 42.5 Å². The standard InChI is InChI=1S/C24H17O3P/c25-28(18-10-3-1-4-11-18,19-12-5-2-6-13-19)27-23-17-9-16-22-24(23)20-14-7-8-15-21(20)26-22/h1-17H. The zero-order valence-corrected chi connectivity index (χ0v) is 15.9. The van der Waals surface area contributed by atoms with Crippen molar-refractivity contribution in [1.29, 1.82) is 0 Å². The van der Waals surface area contributed by atoms with Crippen LogP contribution in [0.25, 0.3) is 21.9 Å². The van der Waals surface area contributed by atoms with E-state index in [0.29, 0.717) is 21.9 Å². The second-order valence-electron chi connectivity index (χ2n) is 6.54. The molecule has 0 unspecified atom stereocenters. The van der Waals surface area contributed by atoms with Crippen molar-refractivity contribution in [3.8, 4) is 5.75 Å². The maximum Gasteiger partial charge on any atom is 0.306 e. The fraction of sp³-hybridized carbons (Fsp3) is 0. The Balaban J connectivity index is 1.74. The number of para-hydroxylation sites is 1. The molecule has 0 aliphatic heterocycles. The molecule has 3 nitrogen and oxygen atoms in total. The van der Waals surface area contributed by atoms with Gasteiger partial charge in [0.2, 0.25) is 0 Å². The lowest BCUT2D eigenvalue weighted by molar-refractivity contribution is 0.505. The molecule has 0 aliphatic rings. The molecule has 0 atom stereocenters. The monoisotopic (exact) mass is 384 g/mol. The van der Waals surface area contributed by atoms with Gasteiger partial charge >= 0.3 is 7.37 Å². The summed E-state index contributed by atoms with van der Waals surface area (Å²) in [4.78, 5) is 0. The van der Waals surface area contributed by atoms with Gasteiger partial charge in [0.1, 0.15) is 16.9 Å². The summed E-state index contributed by atoms with van der Waals surface area (Å²) in [5.41, 5.74) is 1.49. The van der Waals surface area contributed by atoms with E-state index < -0.39 is 7.37 Å². The summed E-state index contributed by atoms with van der Waals surface area (Å²) in [7, 11) is -3.35. The highest BCUT2D eigenvalue weighted by molar-refractivity contribution is 7.74. The van der Waals surface area contributed by atoms with Crippen molar-refractivity contribution in [2.45, 2.75) is 0 Å². The number of benzene rings is 4. The molecule has 1 heterocycles. The van der Waals surface area contributed by atoms with Crippen LogP contribution in [0.2, 0.25) is 0 Å². The van der Waals surface area contributed by atoms with Crippen molar-refractivity contribution in [2.24, 2.45) is 0 Å². The lowest BCUT2D eigenvalue weighted by atomic mass is 10.1. The molecule has 4 heteroatoms. The molecule has 136 valence electrons. The third kappa shape index (κ3) is 2.72. The van der Waals surface area contributed by atoms with E-state index in [0.717, 1.165) is 16.4 Å². The summed E-state index contributed by atoms with van der Waals surface area (Å²) < 4.78 is 26.5. The van der Waals surface area contributed by atoms with Gasteiger partial charge in [0.05, 0.1) is 16.0 Å². The minimum absolute atomic E-state index is 0.554. The lowest BCUT2D eigenvalue weighted by Crippen LogP contribution is -2.20. The van der Waals surface area contributed by atoms with Crippen molar-refractivity contribution in [3.05, 3.63) is 103 Å². The predicted octanol–water partition coefficient (Wildman–Crippen LogP) is 5.89. The van der Waals surface area contributed by atoms with Crippen LogP contribution >= 0.6 is 7.37 Å². The summed E-state index contributed by atoms with van der Waals surface area (Å²) in [5, 5.41) is 3.10. The highest BCUT2D eigenvalue weighted by Gasteiger charge is 2.31. The van der Waals surface area contributed by atoms with E-state index in [1.54, 1.807) is 0 Å². The average Bonchev–Trinajstić information content (AvgIpc) is 3.14. The van der Waals surface area contributed by atoms with Crippen LogP contribution in [0, 0.1) is 0 Å². The Morgan fingerprint density at radius 1 is 0.607 bits per heavy atom. The van der Waals surface area contributed by atoms with Crippen LogP contribution < -0.4 is 15.1 Å². The Bertz CT molecular complexity index is 1260. The minimum atomic E-state index is -3.35. The smallest absolute Gasteiger partial charge is 0.306 e. The second kappa shape index (κ2) is 6.70. The van der Waals surface area contributed by atoms with E-state index in [-0.39, 0.29) is 0 Å². The molecule has 0 bridgehead atoms. The maximum atomic E-state index is 14.2. The summed E-state index contributed by atoms with van der Waals surface area (Å²) >= 11 is 0. The van der Waals surface area contributed by atoms with E-state index >= 15 is 0 Å². The zero-order chi connectivity index (χ0) is 19.0. The van der Waals surface area contributed by atoms with Gasteiger partial charge in [0.25, 0.3) is 0 Å². The van der Waals surface area contributed by atoms with Crippen LogP contribution in [0.15, 0.2) is 108 Å². The fourth-order valence-electron chi connectivity index (χ4n) is 3.46. The number of hydrogen-bond donors (Lipinski definition) is 0. The SMILES string of the molecule is O=P(Oc1cccc2oc3ccccc3c12)(c1ccccc1)c1ccccc1. The van der Waals surface area contributed by atoms with Crippen LogP contribution in [0.1, 0.15) is 0 Å². The largest absolute Gasteiger partial charge is 0.456 e. The molecule has 1 aromatic heterocycles. The van der Waals surface area contributed by atoms with E-state index in [1.165, 1.54) is 0 Å². The molecule has 0 N–H and O–H groups in total. The van der Waals surface area contributed by atoms with E-state index in [2.05, 4.69) is 0 Å². The van der Waals surface area contributed by atoms with Gasteiger partial charge < -0.3 is 8.94 Å². The predicted molar refractivity (Wildman–Crippen MR) is 114 cm³/mol. The summed E-state index contributed by atoms with van der Waals surface area (Å²) in [5.74, 6) is 0.554. The number of hydrogen-bond acceptors (Lipinski definition) is 3. The Labute approximate surface area is 162 Å². The first-order valence-corrected chi connectivity index (χ1v) is 10.7. The molecule has 0 amide bonds. The van der Waals surface area contributed by atoms with Crippen molar-refractivity contribution in [3.63, 3.8) is 0 Å². The molecule has 0 saturated carbocycles. The molecule has 5 rings (SSSR count). The van der Waals surface area contributed by atoms with Crippen molar-refractivity contribution in [2.75, 3.05) is 0 Å². The summed E-state index contributed by atoms with van der Waals surface area (Å²) in [6.07, 6.45) is 0. The van der Waals surface area contributed by atoms with Crippen LogP contribution in [0.4, 0.5) is 0 Å². The highest BCUT2D eigenvalue weighted by atomic mass is 31.2. The molecule has 4 aromatic carbocycles. The fourth-order valence-corrected chi connectivity index (χ4v) is 5.53. The van der Waals surface area contributed by atoms with Gasteiger partial charge in [-0.15, -0.1) is 0 Å². The number of fused-ring (bicyclic) bond motifs is 3. The first-order chi connectivity index (χ1) is 13.8. The van der Waals surface area contributed by atoms with Crippen LogP contribution in [-0.2, 0) is 4.57 Å². The Hall–Kier alpha value is -3.29. The molecule has 28 heavy (non-hydrogen) atoms. The van der Waals surface area contributed by atoms with Gasteiger partial charge in [0.15, 0.2) is 0 Å². The van der Waals surface area contributed by atoms with Gasteiger partial charge in [0, 0.05) is 5.39 Å². The Kier molecular flexibility index (Phi) is 4.03. The Morgan fingerprint density at radius 2 is 1.18 bits per heavy atom. The molecule has 0 fully saturated rings. The molecule has 0 saturated heterocycles. The molecule has 0 radical (unpaired) electrons. The van der Waals surface area contributed by atoms with E-state index in [9.17, 15) is 4.57 Å². The lowest BCUT2D eigenvalue weighted by Gasteiger charge is -2.21. The van der Waals surface area contributed by atoms with Gasteiger partial charge in [-0.2, -0.15) is 0 Å². The van der Waals surface area contributed by atoms with Crippen LogP contribution in [-0.4, -0.2) is 0 Å². The normalized spacial score (nSPS) is 11.7. The summed E-state index contributed by atoms with van der Waals surface area (Å²) in [6.45, 7) is 0. The first kappa shape index (κ1) is 16.9. The molecular formula is C24H17O3P.